The first-order chi connectivity index (χ1) is 9.36. The number of benzene rings is 1. The topological polar surface area (TPSA) is 51.4 Å². The zero-order valence-electron chi connectivity index (χ0n) is 10.7. The summed E-state index contributed by atoms with van der Waals surface area (Å²) in [4.78, 5) is 6.51. The number of aromatic nitrogens is 1. The predicted octanol–water partition coefficient (Wildman–Crippen LogP) is 2.17. The van der Waals surface area contributed by atoms with Crippen molar-refractivity contribution in [3.8, 4) is 11.1 Å². The van der Waals surface area contributed by atoms with Gasteiger partial charge in [0.1, 0.15) is 5.82 Å². The standard InChI is InChI=1S/C15H17N3O/c16-15-13(5-3-7-17-15)12-4-1-2-6-14(12)18-8-10-19-11-9-18/h1-7H,8-11H2,(H2,16,17). The van der Waals surface area contributed by atoms with E-state index in [4.69, 9.17) is 10.5 Å². The summed E-state index contributed by atoms with van der Waals surface area (Å²) in [5, 5.41) is 0. The Bertz CT molecular complexity index is 565. The first-order valence-corrected chi connectivity index (χ1v) is 6.49. The average molecular weight is 255 g/mol. The van der Waals surface area contributed by atoms with Crippen LogP contribution in [0.2, 0.25) is 0 Å². The number of hydrogen-bond donors (Lipinski definition) is 1. The summed E-state index contributed by atoms with van der Waals surface area (Å²) >= 11 is 0. The molecular weight excluding hydrogens is 238 g/mol. The molecule has 3 rings (SSSR count). The van der Waals surface area contributed by atoms with Gasteiger partial charge >= 0.3 is 0 Å². The van der Waals surface area contributed by atoms with E-state index in [-0.39, 0.29) is 0 Å². The van der Waals surface area contributed by atoms with E-state index in [9.17, 15) is 0 Å². The molecule has 1 aliphatic rings. The van der Waals surface area contributed by atoms with Crippen LogP contribution in [-0.4, -0.2) is 31.3 Å². The molecule has 0 radical (unpaired) electrons. The van der Waals surface area contributed by atoms with Gasteiger partial charge in [0.15, 0.2) is 0 Å². The molecule has 4 nitrogen and oxygen atoms in total. The molecule has 98 valence electrons. The highest BCUT2D eigenvalue weighted by Crippen LogP contribution is 2.33. The van der Waals surface area contributed by atoms with Crippen molar-refractivity contribution < 1.29 is 4.74 Å². The number of hydrogen-bond acceptors (Lipinski definition) is 4. The van der Waals surface area contributed by atoms with Crippen LogP contribution < -0.4 is 10.6 Å². The fourth-order valence-corrected chi connectivity index (χ4v) is 2.43. The number of para-hydroxylation sites is 1. The number of anilines is 2. The van der Waals surface area contributed by atoms with Gasteiger partial charge in [-0.2, -0.15) is 0 Å². The Labute approximate surface area is 112 Å². The minimum atomic E-state index is 0.572. The van der Waals surface area contributed by atoms with Crippen LogP contribution in [0.15, 0.2) is 42.6 Å². The lowest BCUT2D eigenvalue weighted by atomic mass is 10.0. The first-order valence-electron chi connectivity index (χ1n) is 6.49. The number of rotatable bonds is 2. The molecule has 0 bridgehead atoms. The molecule has 19 heavy (non-hydrogen) atoms. The lowest BCUT2D eigenvalue weighted by Crippen LogP contribution is -2.36. The molecule has 1 aromatic heterocycles. The van der Waals surface area contributed by atoms with Gasteiger partial charge in [0.2, 0.25) is 0 Å². The van der Waals surface area contributed by atoms with Gasteiger partial charge in [-0.15, -0.1) is 0 Å². The second-order valence-corrected chi connectivity index (χ2v) is 4.55. The molecule has 0 saturated carbocycles. The van der Waals surface area contributed by atoms with E-state index >= 15 is 0 Å². The molecule has 2 aromatic rings. The molecule has 1 aromatic carbocycles. The summed E-state index contributed by atoms with van der Waals surface area (Å²) in [7, 11) is 0. The molecule has 0 atom stereocenters. The monoisotopic (exact) mass is 255 g/mol. The fourth-order valence-electron chi connectivity index (χ4n) is 2.43. The summed E-state index contributed by atoms with van der Waals surface area (Å²) in [6, 6.07) is 12.3. The molecule has 2 heterocycles. The molecule has 0 unspecified atom stereocenters. The second-order valence-electron chi connectivity index (χ2n) is 4.55. The highest BCUT2D eigenvalue weighted by molar-refractivity contribution is 5.84. The molecule has 0 amide bonds. The summed E-state index contributed by atoms with van der Waals surface area (Å²) in [5.41, 5.74) is 9.32. The van der Waals surface area contributed by atoms with Crippen molar-refractivity contribution in [3.05, 3.63) is 42.6 Å². The summed E-state index contributed by atoms with van der Waals surface area (Å²) in [6.45, 7) is 3.38. The number of ether oxygens (including phenoxy) is 1. The molecular formula is C15H17N3O. The predicted molar refractivity (Wildman–Crippen MR) is 77.1 cm³/mol. The number of pyridine rings is 1. The maximum absolute atomic E-state index is 6.00. The third-order valence-electron chi connectivity index (χ3n) is 3.38. The maximum atomic E-state index is 6.00. The van der Waals surface area contributed by atoms with E-state index in [1.165, 1.54) is 5.69 Å². The molecule has 0 spiro atoms. The van der Waals surface area contributed by atoms with Gasteiger partial charge in [-0.25, -0.2) is 4.98 Å². The smallest absolute Gasteiger partial charge is 0.131 e. The van der Waals surface area contributed by atoms with Crippen LogP contribution in [0.3, 0.4) is 0 Å². The van der Waals surface area contributed by atoms with Crippen molar-refractivity contribution in [2.24, 2.45) is 0 Å². The Balaban J connectivity index is 2.04. The van der Waals surface area contributed by atoms with Crippen molar-refractivity contribution in [2.75, 3.05) is 36.9 Å². The van der Waals surface area contributed by atoms with Crippen LogP contribution in [0.5, 0.6) is 0 Å². The van der Waals surface area contributed by atoms with Crippen molar-refractivity contribution in [1.82, 2.24) is 4.98 Å². The van der Waals surface area contributed by atoms with E-state index in [2.05, 4.69) is 28.1 Å². The second kappa shape index (κ2) is 5.28. The maximum Gasteiger partial charge on any atom is 0.131 e. The summed E-state index contributed by atoms with van der Waals surface area (Å²) in [5.74, 6) is 0.572. The molecule has 1 fully saturated rings. The van der Waals surface area contributed by atoms with Crippen LogP contribution in [-0.2, 0) is 4.74 Å². The Morgan fingerprint density at radius 3 is 2.53 bits per heavy atom. The molecule has 4 heteroatoms. The molecule has 2 N–H and O–H groups in total. The Morgan fingerprint density at radius 1 is 1.00 bits per heavy atom. The minimum Gasteiger partial charge on any atom is -0.383 e. The van der Waals surface area contributed by atoms with E-state index in [1.54, 1.807) is 6.20 Å². The lowest BCUT2D eigenvalue weighted by Gasteiger charge is -2.30. The van der Waals surface area contributed by atoms with Gasteiger partial charge in [-0.05, 0) is 18.2 Å². The SMILES string of the molecule is Nc1ncccc1-c1ccccc1N1CCOCC1. The molecule has 0 aliphatic carbocycles. The van der Waals surface area contributed by atoms with Gasteiger partial charge in [0.25, 0.3) is 0 Å². The lowest BCUT2D eigenvalue weighted by molar-refractivity contribution is 0.123. The summed E-state index contributed by atoms with van der Waals surface area (Å²) in [6.07, 6.45) is 1.72. The van der Waals surface area contributed by atoms with Gasteiger partial charge in [-0.1, -0.05) is 18.2 Å². The van der Waals surface area contributed by atoms with Crippen molar-refractivity contribution in [2.45, 2.75) is 0 Å². The van der Waals surface area contributed by atoms with Gasteiger partial charge in [0.05, 0.1) is 13.2 Å². The normalized spacial score (nSPS) is 15.5. The van der Waals surface area contributed by atoms with Crippen LogP contribution in [0.4, 0.5) is 11.5 Å². The Morgan fingerprint density at radius 2 is 1.74 bits per heavy atom. The van der Waals surface area contributed by atoms with Gasteiger partial charge in [0, 0.05) is 36.1 Å². The largest absolute Gasteiger partial charge is 0.383 e. The van der Waals surface area contributed by atoms with Gasteiger partial charge in [-0.3, -0.25) is 0 Å². The molecule has 1 aliphatic heterocycles. The third-order valence-corrected chi connectivity index (χ3v) is 3.38. The fraction of sp³-hybridized carbons (Fsp3) is 0.267. The Hall–Kier alpha value is -2.07. The zero-order valence-corrected chi connectivity index (χ0v) is 10.7. The highest BCUT2D eigenvalue weighted by atomic mass is 16.5. The van der Waals surface area contributed by atoms with Crippen LogP contribution in [0, 0.1) is 0 Å². The van der Waals surface area contributed by atoms with Crippen molar-refractivity contribution >= 4 is 11.5 Å². The number of nitrogens with zero attached hydrogens (tertiary/aromatic N) is 2. The van der Waals surface area contributed by atoms with E-state index in [0.717, 1.165) is 37.4 Å². The zero-order chi connectivity index (χ0) is 13.1. The van der Waals surface area contributed by atoms with Crippen molar-refractivity contribution in [3.63, 3.8) is 0 Å². The number of nitrogens with two attached hydrogens (primary N) is 1. The summed E-state index contributed by atoms with van der Waals surface area (Å²) < 4.78 is 5.41. The average Bonchev–Trinajstić information content (AvgIpc) is 2.49. The third kappa shape index (κ3) is 2.39. The number of nitrogen functional groups attached to an aromatic ring is 1. The van der Waals surface area contributed by atoms with Crippen LogP contribution in [0.25, 0.3) is 11.1 Å². The van der Waals surface area contributed by atoms with Crippen LogP contribution >= 0.6 is 0 Å². The van der Waals surface area contributed by atoms with Crippen molar-refractivity contribution in [1.29, 1.82) is 0 Å². The van der Waals surface area contributed by atoms with Crippen LogP contribution in [0.1, 0.15) is 0 Å². The number of morpholine rings is 1. The highest BCUT2D eigenvalue weighted by Gasteiger charge is 2.16. The van der Waals surface area contributed by atoms with E-state index in [0.29, 0.717) is 5.82 Å². The van der Waals surface area contributed by atoms with Gasteiger partial charge < -0.3 is 15.4 Å². The Kier molecular flexibility index (Phi) is 3.33. The minimum absolute atomic E-state index is 0.572. The quantitative estimate of drug-likeness (QED) is 0.893. The van der Waals surface area contributed by atoms with E-state index in [1.807, 2.05) is 18.2 Å². The first kappa shape index (κ1) is 12.0. The molecule has 1 saturated heterocycles. The van der Waals surface area contributed by atoms with E-state index < -0.39 is 0 Å².